The number of halogens is 2. The van der Waals surface area contributed by atoms with E-state index in [0.717, 1.165) is 32.6 Å². The maximum atomic E-state index is 13.3. The zero-order valence-electron chi connectivity index (χ0n) is 12.2. The molecule has 1 aromatic rings. The maximum Gasteiger partial charge on any atom is 0.137 e. The lowest BCUT2D eigenvalue weighted by Crippen LogP contribution is -2.43. The Morgan fingerprint density at radius 3 is 2.90 bits per heavy atom. The van der Waals surface area contributed by atoms with E-state index in [1.165, 1.54) is 24.8 Å². The second-order valence-electron chi connectivity index (χ2n) is 5.63. The zero-order chi connectivity index (χ0) is 14.4. The van der Waals surface area contributed by atoms with Crippen molar-refractivity contribution in [3.63, 3.8) is 0 Å². The molecule has 0 radical (unpaired) electrons. The van der Waals surface area contributed by atoms with E-state index in [1.807, 2.05) is 12.1 Å². The van der Waals surface area contributed by atoms with E-state index >= 15 is 0 Å². The van der Waals surface area contributed by atoms with Gasteiger partial charge in [0.2, 0.25) is 0 Å². The molecule has 1 N–H and O–H groups in total. The minimum absolute atomic E-state index is 0.190. The first kappa shape index (κ1) is 15.9. The van der Waals surface area contributed by atoms with Crippen molar-refractivity contribution in [1.29, 1.82) is 0 Å². The van der Waals surface area contributed by atoms with Crippen LogP contribution in [-0.2, 0) is 6.54 Å². The third kappa shape index (κ3) is 4.83. The third-order valence-electron chi connectivity index (χ3n) is 3.82. The summed E-state index contributed by atoms with van der Waals surface area (Å²) in [7, 11) is 0. The molecule has 0 aliphatic carbocycles. The molecule has 1 fully saturated rings. The summed E-state index contributed by atoms with van der Waals surface area (Å²) in [4.78, 5) is 2.47. The minimum atomic E-state index is -0.190. The number of piperidine rings is 1. The van der Waals surface area contributed by atoms with Gasteiger partial charge in [-0.05, 0) is 66.0 Å². The Bertz CT molecular complexity index is 419. The van der Waals surface area contributed by atoms with Crippen LogP contribution in [0.1, 0.15) is 38.2 Å². The van der Waals surface area contributed by atoms with E-state index in [4.69, 9.17) is 0 Å². The molecular formula is C16H24BrFN2. The maximum absolute atomic E-state index is 13.3. The van der Waals surface area contributed by atoms with Crippen molar-refractivity contribution in [3.8, 4) is 0 Å². The molecule has 0 saturated carbocycles. The summed E-state index contributed by atoms with van der Waals surface area (Å²) in [5.41, 5.74) is 1.17. The molecule has 0 spiro atoms. The highest BCUT2D eigenvalue weighted by Crippen LogP contribution is 2.18. The molecule has 1 aliphatic heterocycles. The fourth-order valence-electron chi connectivity index (χ4n) is 2.84. The SMILES string of the molecule is CCCN(Cc1ccc(F)c(Br)c1)CC1CCCCN1. The van der Waals surface area contributed by atoms with Crippen molar-refractivity contribution in [1.82, 2.24) is 10.2 Å². The predicted molar refractivity (Wildman–Crippen MR) is 85.3 cm³/mol. The monoisotopic (exact) mass is 342 g/mol. The first-order valence-electron chi connectivity index (χ1n) is 7.58. The molecule has 0 amide bonds. The number of hydrogen-bond donors (Lipinski definition) is 1. The summed E-state index contributed by atoms with van der Waals surface area (Å²) in [6.07, 6.45) is 5.05. The normalized spacial score (nSPS) is 19.5. The zero-order valence-corrected chi connectivity index (χ0v) is 13.8. The molecule has 2 nitrogen and oxygen atoms in total. The van der Waals surface area contributed by atoms with Crippen molar-refractivity contribution in [2.75, 3.05) is 19.6 Å². The van der Waals surface area contributed by atoms with Gasteiger partial charge in [0.1, 0.15) is 5.82 Å². The fourth-order valence-corrected chi connectivity index (χ4v) is 3.27. The van der Waals surface area contributed by atoms with Crippen LogP contribution in [0.25, 0.3) is 0 Å². The Morgan fingerprint density at radius 1 is 1.40 bits per heavy atom. The third-order valence-corrected chi connectivity index (χ3v) is 4.43. The average Bonchev–Trinajstić information content (AvgIpc) is 2.44. The van der Waals surface area contributed by atoms with Crippen LogP contribution in [0.3, 0.4) is 0 Å². The van der Waals surface area contributed by atoms with Gasteiger partial charge in [-0.1, -0.05) is 19.4 Å². The molecular weight excluding hydrogens is 319 g/mol. The molecule has 0 bridgehead atoms. The van der Waals surface area contributed by atoms with Crippen LogP contribution in [0.2, 0.25) is 0 Å². The van der Waals surface area contributed by atoms with Gasteiger partial charge in [-0.2, -0.15) is 0 Å². The van der Waals surface area contributed by atoms with E-state index in [2.05, 4.69) is 33.1 Å². The fraction of sp³-hybridized carbons (Fsp3) is 0.625. The highest BCUT2D eigenvalue weighted by molar-refractivity contribution is 9.10. The lowest BCUT2D eigenvalue weighted by atomic mass is 10.0. The van der Waals surface area contributed by atoms with Crippen molar-refractivity contribution >= 4 is 15.9 Å². The smallest absolute Gasteiger partial charge is 0.137 e. The molecule has 4 heteroatoms. The second-order valence-corrected chi connectivity index (χ2v) is 6.48. The first-order valence-corrected chi connectivity index (χ1v) is 8.38. The highest BCUT2D eigenvalue weighted by Gasteiger charge is 2.16. The summed E-state index contributed by atoms with van der Waals surface area (Å²) in [6, 6.07) is 5.94. The molecule has 2 rings (SSSR count). The van der Waals surface area contributed by atoms with Crippen LogP contribution in [0.4, 0.5) is 4.39 Å². The highest BCUT2D eigenvalue weighted by atomic mass is 79.9. The summed E-state index contributed by atoms with van der Waals surface area (Å²) in [5.74, 6) is -0.190. The molecule has 1 aliphatic rings. The predicted octanol–water partition coefficient (Wildman–Crippen LogP) is 3.94. The Kier molecular flexibility index (Phi) is 6.46. The van der Waals surface area contributed by atoms with Crippen LogP contribution in [0.5, 0.6) is 0 Å². The number of benzene rings is 1. The van der Waals surface area contributed by atoms with Gasteiger partial charge in [-0.25, -0.2) is 4.39 Å². The van der Waals surface area contributed by atoms with Crippen LogP contribution in [-0.4, -0.2) is 30.6 Å². The van der Waals surface area contributed by atoms with E-state index in [9.17, 15) is 4.39 Å². The van der Waals surface area contributed by atoms with Gasteiger partial charge >= 0.3 is 0 Å². The number of nitrogens with zero attached hydrogens (tertiary/aromatic N) is 1. The van der Waals surface area contributed by atoms with Crippen molar-refractivity contribution < 1.29 is 4.39 Å². The topological polar surface area (TPSA) is 15.3 Å². The molecule has 1 unspecified atom stereocenters. The molecule has 1 aromatic carbocycles. The van der Waals surface area contributed by atoms with Crippen molar-refractivity contribution in [3.05, 3.63) is 34.1 Å². The summed E-state index contributed by atoms with van der Waals surface area (Å²) in [6.45, 7) is 6.43. The lowest BCUT2D eigenvalue weighted by molar-refractivity contribution is 0.217. The Morgan fingerprint density at radius 2 is 2.25 bits per heavy atom. The van der Waals surface area contributed by atoms with Crippen LogP contribution in [0, 0.1) is 5.82 Å². The molecule has 1 heterocycles. The Hall–Kier alpha value is -0.450. The molecule has 20 heavy (non-hydrogen) atoms. The van der Waals surface area contributed by atoms with Gasteiger partial charge in [-0.3, -0.25) is 4.90 Å². The molecule has 0 aromatic heterocycles. The molecule has 112 valence electrons. The lowest BCUT2D eigenvalue weighted by Gasteiger charge is -2.30. The van der Waals surface area contributed by atoms with Crippen LogP contribution < -0.4 is 5.32 Å². The summed E-state index contributed by atoms with van der Waals surface area (Å²) >= 11 is 3.27. The van der Waals surface area contributed by atoms with Crippen LogP contribution in [0.15, 0.2) is 22.7 Å². The Balaban J connectivity index is 1.94. The van der Waals surface area contributed by atoms with Gasteiger partial charge < -0.3 is 5.32 Å². The Labute approximate surface area is 129 Å². The quantitative estimate of drug-likeness (QED) is 0.842. The van der Waals surface area contributed by atoms with Gasteiger partial charge in [0, 0.05) is 19.1 Å². The average molecular weight is 343 g/mol. The number of hydrogen-bond acceptors (Lipinski definition) is 2. The van der Waals surface area contributed by atoms with E-state index in [1.54, 1.807) is 6.07 Å². The van der Waals surface area contributed by atoms with E-state index in [0.29, 0.717) is 10.5 Å². The standard InChI is InChI=1S/C16H24BrFN2/c1-2-9-20(12-14-5-3-4-8-19-14)11-13-6-7-16(18)15(17)10-13/h6-7,10,14,19H,2-5,8-9,11-12H2,1H3. The first-order chi connectivity index (χ1) is 9.69. The minimum Gasteiger partial charge on any atom is -0.313 e. The van der Waals surface area contributed by atoms with Crippen molar-refractivity contribution in [2.24, 2.45) is 0 Å². The van der Waals surface area contributed by atoms with Crippen LogP contribution >= 0.6 is 15.9 Å². The molecule has 1 saturated heterocycles. The summed E-state index contributed by atoms with van der Waals surface area (Å²) in [5, 5.41) is 3.60. The molecule has 1 atom stereocenters. The van der Waals surface area contributed by atoms with Crippen molar-refractivity contribution in [2.45, 2.75) is 45.2 Å². The number of nitrogens with one attached hydrogen (secondary N) is 1. The van der Waals surface area contributed by atoms with Gasteiger partial charge in [0.15, 0.2) is 0 Å². The largest absolute Gasteiger partial charge is 0.313 e. The van der Waals surface area contributed by atoms with Gasteiger partial charge in [0.05, 0.1) is 4.47 Å². The van der Waals surface area contributed by atoms with E-state index in [-0.39, 0.29) is 5.82 Å². The van der Waals surface area contributed by atoms with E-state index < -0.39 is 0 Å². The van der Waals surface area contributed by atoms with Gasteiger partial charge in [-0.15, -0.1) is 0 Å². The second kappa shape index (κ2) is 8.11. The summed E-state index contributed by atoms with van der Waals surface area (Å²) < 4.78 is 13.8. The number of rotatable bonds is 6. The van der Waals surface area contributed by atoms with Gasteiger partial charge in [0.25, 0.3) is 0 Å².